The van der Waals surface area contributed by atoms with Crippen LogP contribution >= 0.6 is 12.6 Å². The van der Waals surface area contributed by atoms with E-state index in [-0.39, 0.29) is 12.1 Å². The third-order valence-electron chi connectivity index (χ3n) is 3.35. The van der Waals surface area contributed by atoms with Crippen molar-refractivity contribution in [3.05, 3.63) is 36.0 Å². The molecule has 0 aliphatic carbocycles. The predicted molar refractivity (Wildman–Crippen MR) is 75.0 cm³/mol. The molecule has 1 aliphatic rings. The zero-order valence-corrected chi connectivity index (χ0v) is 10.8. The summed E-state index contributed by atoms with van der Waals surface area (Å²) in [5.41, 5.74) is 2.26. The third kappa shape index (κ3) is 1.84. The molecule has 1 aromatic heterocycles. The molecule has 1 unspecified atom stereocenters. The number of thiol groups is 1. The van der Waals surface area contributed by atoms with Crippen LogP contribution in [0, 0.1) is 0 Å². The van der Waals surface area contributed by atoms with E-state index in [9.17, 15) is 4.79 Å². The van der Waals surface area contributed by atoms with E-state index < -0.39 is 0 Å². The summed E-state index contributed by atoms with van der Waals surface area (Å²) in [5, 5.41) is 4.19. The molecular formula is C13H15N3OS. The van der Waals surface area contributed by atoms with Crippen molar-refractivity contribution in [1.29, 1.82) is 0 Å². The summed E-state index contributed by atoms with van der Waals surface area (Å²) in [6.07, 6.45) is 1.99. The Balaban J connectivity index is 1.90. The van der Waals surface area contributed by atoms with E-state index in [0.717, 1.165) is 11.1 Å². The normalized spacial score (nSPS) is 19.5. The van der Waals surface area contributed by atoms with E-state index >= 15 is 0 Å². The molecule has 1 fully saturated rings. The molecule has 2 N–H and O–H groups in total. The van der Waals surface area contributed by atoms with E-state index in [4.69, 9.17) is 0 Å². The summed E-state index contributed by atoms with van der Waals surface area (Å²) in [5.74, 6) is 0.689. The summed E-state index contributed by atoms with van der Waals surface area (Å²) in [6.45, 7) is 1.40. The highest BCUT2D eigenvalue weighted by Gasteiger charge is 2.30. The molecule has 0 radical (unpaired) electrons. The Bertz CT molecular complexity index is 580. The van der Waals surface area contributed by atoms with Gasteiger partial charge in [-0.25, -0.2) is 4.79 Å². The van der Waals surface area contributed by atoms with Crippen LogP contribution in [-0.4, -0.2) is 34.8 Å². The largest absolute Gasteiger partial charge is 0.361 e. The minimum atomic E-state index is -0.000619. The lowest BCUT2D eigenvalue weighted by molar-refractivity contribution is 0.220. The van der Waals surface area contributed by atoms with Crippen LogP contribution in [-0.2, 0) is 0 Å². The highest BCUT2D eigenvalue weighted by atomic mass is 32.1. The third-order valence-corrected chi connectivity index (χ3v) is 3.55. The van der Waals surface area contributed by atoms with Gasteiger partial charge in [0.2, 0.25) is 0 Å². The first kappa shape index (κ1) is 11.5. The summed E-state index contributed by atoms with van der Waals surface area (Å²) in [4.78, 5) is 16.8. The van der Waals surface area contributed by atoms with E-state index in [0.29, 0.717) is 18.8 Å². The van der Waals surface area contributed by atoms with Crippen molar-refractivity contribution in [2.75, 3.05) is 18.8 Å². The van der Waals surface area contributed by atoms with Crippen LogP contribution in [0.25, 0.3) is 10.9 Å². The first-order valence-corrected chi connectivity index (χ1v) is 6.65. The van der Waals surface area contributed by atoms with Gasteiger partial charge in [-0.3, -0.25) is 0 Å². The van der Waals surface area contributed by atoms with Crippen molar-refractivity contribution >= 4 is 29.6 Å². The molecule has 0 bridgehead atoms. The van der Waals surface area contributed by atoms with Gasteiger partial charge in [0.15, 0.2) is 0 Å². The van der Waals surface area contributed by atoms with Crippen LogP contribution < -0.4 is 5.32 Å². The monoisotopic (exact) mass is 261 g/mol. The fourth-order valence-electron chi connectivity index (χ4n) is 2.46. The van der Waals surface area contributed by atoms with Gasteiger partial charge in [-0.2, -0.15) is 12.6 Å². The zero-order chi connectivity index (χ0) is 12.5. The van der Waals surface area contributed by atoms with Crippen molar-refractivity contribution < 1.29 is 4.79 Å². The number of H-pyrrole nitrogens is 1. The predicted octanol–water partition coefficient (Wildman–Crippen LogP) is 2.16. The summed E-state index contributed by atoms with van der Waals surface area (Å²) in [6, 6.07) is 8.20. The minimum Gasteiger partial charge on any atom is -0.361 e. The maximum atomic E-state index is 11.8. The molecule has 0 saturated carbocycles. The van der Waals surface area contributed by atoms with E-state index in [2.05, 4.69) is 29.0 Å². The number of benzene rings is 1. The number of nitrogens with one attached hydrogen (secondary N) is 2. The number of para-hydroxylation sites is 1. The maximum Gasteiger partial charge on any atom is 0.318 e. The quantitative estimate of drug-likeness (QED) is 0.729. The molecule has 3 rings (SSSR count). The Kier molecular flexibility index (Phi) is 2.91. The molecule has 1 atom stereocenters. The molecule has 0 spiro atoms. The number of aromatic nitrogens is 1. The number of nitrogens with zero attached hydrogens (tertiary/aromatic N) is 1. The van der Waals surface area contributed by atoms with Crippen LogP contribution in [0.1, 0.15) is 11.6 Å². The molecule has 1 aliphatic heterocycles. The van der Waals surface area contributed by atoms with Crippen LogP contribution in [0.2, 0.25) is 0 Å². The summed E-state index contributed by atoms with van der Waals surface area (Å²) in [7, 11) is 0. The molecule has 2 amide bonds. The van der Waals surface area contributed by atoms with Crippen molar-refractivity contribution in [2.24, 2.45) is 0 Å². The van der Waals surface area contributed by atoms with Gasteiger partial charge < -0.3 is 15.2 Å². The Hall–Kier alpha value is -1.62. The Morgan fingerprint density at radius 2 is 2.22 bits per heavy atom. The van der Waals surface area contributed by atoms with Crippen LogP contribution in [0.15, 0.2) is 30.5 Å². The SMILES string of the molecule is O=C1NC(c2c[nH]c3ccccc23)CN1CCS. The number of aromatic amines is 1. The average Bonchev–Trinajstić information content (AvgIpc) is 2.94. The van der Waals surface area contributed by atoms with Gasteiger partial charge in [0.25, 0.3) is 0 Å². The lowest BCUT2D eigenvalue weighted by Gasteiger charge is -2.12. The second-order valence-electron chi connectivity index (χ2n) is 4.46. The molecule has 2 aromatic rings. The first-order valence-electron chi connectivity index (χ1n) is 6.02. The Morgan fingerprint density at radius 3 is 3.06 bits per heavy atom. The Morgan fingerprint density at radius 1 is 1.39 bits per heavy atom. The standard InChI is InChI=1S/C13H15N3OS/c17-13-15-12(8-16(13)5-6-18)10-7-14-11-4-2-1-3-9(10)11/h1-4,7,12,14,18H,5-6,8H2,(H,15,17). The number of hydrogen-bond donors (Lipinski definition) is 3. The number of hydrogen-bond acceptors (Lipinski definition) is 2. The van der Waals surface area contributed by atoms with E-state index in [1.54, 1.807) is 4.90 Å². The van der Waals surface area contributed by atoms with Gasteiger partial charge in [0.05, 0.1) is 6.04 Å². The number of urea groups is 1. The molecule has 4 nitrogen and oxygen atoms in total. The van der Waals surface area contributed by atoms with Gasteiger partial charge >= 0.3 is 6.03 Å². The Labute approximate surface area is 111 Å². The summed E-state index contributed by atoms with van der Waals surface area (Å²) >= 11 is 4.17. The molecule has 1 aromatic carbocycles. The molecule has 5 heteroatoms. The van der Waals surface area contributed by atoms with Crippen molar-refractivity contribution in [1.82, 2.24) is 15.2 Å². The molecule has 94 valence electrons. The van der Waals surface area contributed by atoms with Gasteiger partial charge in [-0.05, 0) is 6.07 Å². The van der Waals surface area contributed by atoms with Crippen molar-refractivity contribution in [2.45, 2.75) is 6.04 Å². The fourth-order valence-corrected chi connectivity index (χ4v) is 2.70. The molecular weight excluding hydrogens is 246 g/mol. The average molecular weight is 261 g/mol. The van der Waals surface area contributed by atoms with Crippen molar-refractivity contribution in [3.8, 4) is 0 Å². The second-order valence-corrected chi connectivity index (χ2v) is 4.91. The molecule has 18 heavy (non-hydrogen) atoms. The number of fused-ring (bicyclic) bond motifs is 1. The first-order chi connectivity index (χ1) is 8.79. The lowest BCUT2D eigenvalue weighted by Crippen LogP contribution is -2.29. The zero-order valence-electron chi connectivity index (χ0n) is 9.89. The maximum absolute atomic E-state index is 11.8. The smallest absolute Gasteiger partial charge is 0.318 e. The van der Waals surface area contributed by atoms with Crippen LogP contribution in [0.3, 0.4) is 0 Å². The molecule has 1 saturated heterocycles. The topological polar surface area (TPSA) is 48.1 Å². The van der Waals surface area contributed by atoms with E-state index in [1.807, 2.05) is 24.4 Å². The molecule has 2 heterocycles. The highest BCUT2D eigenvalue weighted by molar-refractivity contribution is 7.80. The second kappa shape index (κ2) is 4.57. The number of carbonyl (C=O) groups excluding carboxylic acids is 1. The fraction of sp³-hybridized carbons (Fsp3) is 0.308. The lowest BCUT2D eigenvalue weighted by atomic mass is 10.1. The summed E-state index contributed by atoms with van der Waals surface area (Å²) < 4.78 is 0. The van der Waals surface area contributed by atoms with E-state index in [1.165, 1.54) is 5.39 Å². The van der Waals surface area contributed by atoms with Gasteiger partial charge in [0, 0.05) is 41.5 Å². The van der Waals surface area contributed by atoms with Crippen LogP contribution in [0.5, 0.6) is 0 Å². The van der Waals surface area contributed by atoms with Gasteiger partial charge in [-0.1, -0.05) is 18.2 Å². The van der Waals surface area contributed by atoms with Gasteiger partial charge in [0.1, 0.15) is 0 Å². The van der Waals surface area contributed by atoms with Crippen molar-refractivity contribution in [3.63, 3.8) is 0 Å². The number of rotatable bonds is 3. The minimum absolute atomic E-state index is 0.000619. The number of amides is 2. The van der Waals surface area contributed by atoms with Crippen LogP contribution in [0.4, 0.5) is 4.79 Å². The number of carbonyl (C=O) groups is 1. The van der Waals surface area contributed by atoms with Gasteiger partial charge in [-0.15, -0.1) is 0 Å². The highest BCUT2D eigenvalue weighted by Crippen LogP contribution is 2.27.